The summed E-state index contributed by atoms with van der Waals surface area (Å²) in [4.78, 5) is 23.1. The van der Waals surface area contributed by atoms with Crippen molar-refractivity contribution in [2.24, 2.45) is 5.92 Å². The van der Waals surface area contributed by atoms with Gasteiger partial charge in [-0.2, -0.15) is 0 Å². The fourth-order valence-corrected chi connectivity index (χ4v) is 3.36. The summed E-state index contributed by atoms with van der Waals surface area (Å²) in [6.07, 6.45) is 5.46. The highest BCUT2D eigenvalue weighted by Crippen LogP contribution is 2.39. The molecule has 1 aromatic carbocycles. The molecule has 1 aromatic heterocycles. The number of rotatable bonds is 7. The van der Waals surface area contributed by atoms with Gasteiger partial charge in [0, 0.05) is 44.2 Å². The summed E-state index contributed by atoms with van der Waals surface area (Å²) < 4.78 is 15.9. The van der Waals surface area contributed by atoms with Crippen LogP contribution in [0.2, 0.25) is 0 Å². The highest BCUT2D eigenvalue weighted by Gasteiger charge is 2.21. The zero-order valence-electron chi connectivity index (χ0n) is 17.0. The minimum absolute atomic E-state index is 0.270. The first-order chi connectivity index (χ1) is 14.1. The Balaban J connectivity index is 1.49. The number of ether oxygens (including phenoxy) is 3. The van der Waals surface area contributed by atoms with Crippen molar-refractivity contribution in [1.29, 1.82) is 0 Å². The van der Waals surface area contributed by atoms with Gasteiger partial charge in [0.25, 0.3) is 0 Å². The number of hydrogen-bond donors (Lipinski definition) is 2. The van der Waals surface area contributed by atoms with Gasteiger partial charge in [0.2, 0.25) is 11.7 Å². The lowest BCUT2D eigenvalue weighted by molar-refractivity contribution is 0.248. The van der Waals surface area contributed by atoms with Crippen molar-refractivity contribution in [1.82, 2.24) is 15.3 Å². The van der Waals surface area contributed by atoms with Crippen LogP contribution in [0.1, 0.15) is 12.8 Å². The van der Waals surface area contributed by atoms with Crippen LogP contribution in [0.5, 0.6) is 17.2 Å². The van der Waals surface area contributed by atoms with Gasteiger partial charge < -0.3 is 29.7 Å². The number of carbonyl (C=O) groups excluding carboxylic acids is 1. The first-order valence-electron chi connectivity index (χ1n) is 9.51. The van der Waals surface area contributed by atoms with E-state index in [4.69, 9.17) is 14.2 Å². The first-order valence-corrected chi connectivity index (χ1v) is 9.51. The van der Waals surface area contributed by atoms with E-state index in [0.717, 1.165) is 31.9 Å². The number of piperidine rings is 1. The number of nitrogens with zero attached hydrogens (tertiary/aromatic N) is 3. The Morgan fingerprint density at radius 2 is 1.69 bits per heavy atom. The van der Waals surface area contributed by atoms with E-state index < -0.39 is 0 Å². The Bertz CT molecular complexity index is 785. The molecular weight excluding hydrogens is 374 g/mol. The van der Waals surface area contributed by atoms with Gasteiger partial charge in [-0.05, 0) is 24.8 Å². The molecule has 29 heavy (non-hydrogen) atoms. The molecule has 0 saturated carbocycles. The summed E-state index contributed by atoms with van der Waals surface area (Å²) >= 11 is 0. The summed E-state index contributed by atoms with van der Waals surface area (Å²) in [5.74, 6) is 2.63. The Morgan fingerprint density at radius 3 is 2.24 bits per heavy atom. The fraction of sp³-hybridized carbons (Fsp3) is 0.450. The molecule has 2 aromatic rings. The van der Waals surface area contributed by atoms with Crippen LogP contribution in [0.3, 0.4) is 0 Å². The molecule has 0 bridgehead atoms. The van der Waals surface area contributed by atoms with Crippen molar-refractivity contribution in [3.8, 4) is 17.2 Å². The fourth-order valence-electron chi connectivity index (χ4n) is 3.36. The molecule has 0 radical (unpaired) electrons. The lowest BCUT2D eigenvalue weighted by Crippen LogP contribution is -2.40. The SMILES string of the molecule is COc1cc(NC(=O)NCC2CCN(c3ncccn3)CC2)cc(OC)c1OC. The number of methoxy groups -OCH3 is 3. The van der Waals surface area contributed by atoms with Gasteiger partial charge >= 0.3 is 6.03 Å². The zero-order chi connectivity index (χ0) is 20.6. The van der Waals surface area contributed by atoms with Crippen molar-refractivity contribution in [3.05, 3.63) is 30.6 Å². The molecule has 2 N–H and O–H groups in total. The van der Waals surface area contributed by atoms with E-state index in [1.165, 1.54) is 21.3 Å². The Hall–Kier alpha value is -3.23. The summed E-state index contributed by atoms with van der Waals surface area (Å²) in [6.45, 7) is 2.37. The van der Waals surface area contributed by atoms with Crippen molar-refractivity contribution < 1.29 is 19.0 Å². The number of anilines is 2. The van der Waals surface area contributed by atoms with Crippen molar-refractivity contribution in [3.63, 3.8) is 0 Å². The van der Waals surface area contributed by atoms with E-state index in [1.54, 1.807) is 24.5 Å². The molecule has 1 saturated heterocycles. The average molecular weight is 401 g/mol. The van der Waals surface area contributed by atoms with E-state index in [0.29, 0.717) is 35.4 Å². The Labute approximate surface area is 170 Å². The molecule has 0 aliphatic carbocycles. The summed E-state index contributed by atoms with van der Waals surface area (Å²) in [5, 5.41) is 5.77. The van der Waals surface area contributed by atoms with Crippen molar-refractivity contribution in [2.45, 2.75) is 12.8 Å². The third kappa shape index (κ3) is 5.18. The van der Waals surface area contributed by atoms with E-state index in [9.17, 15) is 4.79 Å². The van der Waals surface area contributed by atoms with E-state index >= 15 is 0 Å². The van der Waals surface area contributed by atoms with Crippen LogP contribution < -0.4 is 29.7 Å². The van der Waals surface area contributed by atoms with Crippen LogP contribution in [-0.2, 0) is 0 Å². The van der Waals surface area contributed by atoms with Crippen LogP contribution in [0.25, 0.3) is 0 Å². The molecule has 9 heteroatoms. The highest BCUT2D eigenvalue weighted by atomic mass is 16.5. The molecule has 2 amide bonds. The lowest BCUT2D eigenvalue weighted by atomic mass is 9.97. The van der Waals surface area contributed by atoms with Gasteiger partial charge in [-0.3, -0.25) is 0 Å². The Morgan fingerprint density at radius 1 is 1.07 bits per heavy atom. The number of carbonyl (C=O) groups is 1. The molecule has 156 valence electrons. The topological polar surface area (TPSA) is 97.8 Å². The largest absolute Gasteiger partial charge is 0.493 e. The summed E-state index contributed by atoms with van der Waals surface area (Å²) in [7, 11) is 4.61. The molecule has 2 heterocycles. The van der Waals surface area contributed by atoms with Gasteiger partial charge in [0.05, 0.1) is 27.0 Å². The average Bonchev–Trinajstić information content (AvgIpc) is 2.78. The minimum Gasteiger partial charge on any atom is -0.493 e. The Kier molecular flexibility index (Phi) is 6.94. The normalized spacial score (nSPS) is 14.2. The second-order valence-electron chi connectivity index (χ2n) is 6.73. The molecule has 0 spiro atoms. The molecular formula is C20H27N5O4. The molecule has 0 unspecified atom stereocenters. The third-order valence-electron chi connectivity index (χ3n) is 4.92. The number of urea groups is 1. The predicted octanol–water partition coefficient (Wildman–Crippen LogP) is 2.54. The van der Waals surface area contributed by atoms with Crippen LogP contribution in [0.4, 0.5) is 16.4 Å². The number of nitrogens with one attached hydrogen (secondary N) is 2. The third-order valence-corrected chi connectivity index (χ3v) is 4.92. The van der Waals surface area contributed by atoms with Gasteiger partial charge in [-0.25, -0.2) is 14.8 Å². The van der Waals surface area contributed by atoms with Gasteiger partial charge in [-0.1, -0.05) is 0 Å². The van der Waals surface area contributed by atoms with Crippen LogP contribution in [0.15, 0.2) is 30.6 Å². The maximum atomic E-state index is 12.3. The summed E-state index contributed by atoms with van der Waals surface area (Å²) in [6, 6.07) is 4.93. The number of amides is 2. The monoisotopic (exact) mass is 401 g/mol. The number of aromatic nitrogens is 2. The minimum atomic E-state index is -0.270. The maximum Gasteiger partial charge on any atom is 0.319 e. The van der Waals surface area contributed by atoms with Crippen LogP contribution in [0, 0.1) is 5.92 Å². The molecule has 1 fully saturated rings. The van der Waals surface area contributed by atoms with Crippen molar-refractivity contribution in [2.75, 3.05) is 51.2 Å². The second-order valence-corrected chi connectivity index (χ2v) is 6.73. The quantitative estimate of drug-likeness (QED) is 0.736. The standard InChI is InChI=1S/C20H27N5O4/c1-27-16-11-15(12-17(28-2)18(16)29-3)24-20(26)23-13-14-5-9-25(10-6-14)19-21-7-4-8-22-19/h4,7-8,11-12,14H,5-6,9-10,13H2,1-3H3,(H2,23,24,26). The second kappa shape index (κ2) is 9.81. The van der Waals surface area contributed by atoms with Crippen molar-refractivity contribution >= 4 is 17.7 Å². The summed E-state index contributed by atoms with van der Waals surface area (Å²) in [5.41, 5.74) is 0.563. The molecule has 3 rings (SSSR count). The molecule has 1 aliphatic rings. The highest BCUT2D eigenvalue weighted by molar-refractivity contribution is 5.90. The molecule has 0 atom stereocenters. The van der Waals surface area contributed by atoms with E-state index in [-0.39, 0.29) is 6.03 Å². The number of hydrogen-bond acceptors (Lipinski definition) is 7. The van der Waals surface area contributed by atoms with E-state index in [1.807, 2.05) is 6.07 Å². The lowest BCUT2D eigenvalue weighted by Gasteiger charge is -2.31. The molecule has 9 nitrogen and oxygen atoms in total. The van der Waals surface area contributed by atoms with Gasteiger partial charge in [0.1, 0.15) is 0 Å². The maximum absolute atomic E-state index is 12.3. The van der Waals surface area contributed by atoms with Gasteiger partial charge in [-0.15, -0.1) is 0 Å². The first kappa shape index (κ1) is 20.5. The van der Waals surface area contributed by atoms with Gasteiger partial charge in [0.15, 0.2) is 11.5 Å². The number of benzene rings is 1. The van der Waals surface area contributed by atoms with E-state index in [2.05, 4.69) is 25.5 Å². The smallest absolute Gasteiger partial charge is 0.319 e. The molecule has 1 aliphatic heterocycles. The van der Waals surface area contributed by atoms with Crippen LogP contribution >= 0.6 is 0 Å². The zero-order valence-corrected chi connectivity index (χ0v) is 17.0. The van der Waals surface area contributed by atoms with Crippen LogP contribution in [-0.4, -0.2) is 57.0 Å². The predicted molar refractivity (Wildman–Crippen MR) is 110 cm³/mol.